The number of hydrogen-bond donors (Lipinski definition) is 0. The van der Waals surface area contributed by atoms with Crippen LogP contribution in [0.1, 0.15) is 11.1 Å². The number of aromatic nitrogens is 1. The molecule has 0 atom stereocenters. The van der Waals surface area contributed by atoms with Gasteiger partial charge in [-0.3, -0.25) is 0 Å². The summed E-state index contributed by atoms with van der Waals surface area (Å²) in [6.07, 6.45) is 1.91. The van der Waals surface area contributed by atoms with E-state index in [1.54, 1.807) is 0 Å². The lowest BCUT2D eigenvalue weighted by Gasteiger charge is -2.03. The van der Waals surface area contributed by atoms with Crippen molar-refractivity contribution in [2.75, 3.05) is 0 Å². The van der Waals surface area contributed by atoms with Crippen LogP contribution >= 0.6 is 15.9 Å². The Kier molecular flexibility index (Phi) is 3.49. The van der Waals surface area contributed by atoms with Gasteiger partial charge in [0.15, 0.2) is 12.7 Å². The molecule has 0 aliphatic heterocycles. The number of halogens is 1. The minimum Gasteiger partial charge on any atom is -0.193 e. The number of hydrogen-bond acceptors (Lipinski definition) is 1. The lowest BCUT2D eigenvalue weighted by molar-refractivity contribution is -0.662. The average molecular weight is 324 g/mol. The van der Waals surface area contributed by atoms with Crippen LogP contribution in [0.25, 0.3) is 10.9 Å². The molecular formula is C17H12BrN2+. The zero-order valence-corrected chi connectivity index (χ0v) is 12.3. The molecule has 0 aliphatic carbocycles. The molecular weight excluding hydrogens is 312 g/mol. The number of fused-ring (bicyclic) bond motifs is 1. The lowest BCUT2D eigenvalue weighted by atomic mass is 10.1. The fourth-order valence-electron chi connectivity index (χ4n) is 2.29. The van der Waals surface area contributed by atoms with E-state index in [1.165, 1.54) is 5.56 Å². The molecule has 0 aliphatic rings. The van der Waals surface area contributed by atoms with Gasteiger partial charge in [-0.1, -0.05) is 40.2 Å². The predicted octanol–water partition coefficient (Wildman–Crippen LogP) is 3.81. The Balaban J connectivity index is 2.10. The van der Waals surface area contributed by atoms with Crippen LogP contribution in [-0.2, 0) is 6.54 Å². The summed E-state index contributed by atoms with van der Waals surface area (Å²) in [6, 6.07) is 20.5. The number of rotatable bonds is 2. The van der Waals surface area contributed by atoms with E-state index in [2.05, 4.69) is 44.8 Å². The summed E-state index contributed by atoms with van der Waals surface area (Å²) in [4.78, 5) is 0. The first kappa shape index (κ1) is 12.8. The quantitative estimate of drug-likeness (QED) is 0.659. The summed E-state index contributed by atoms with van der Waals surface area (Å²) in [5.41, 5.74) is 3.02. The van der Waals surface area contributed by atoms with Crippen molar-refractivity contribution in [2.45, 2.75) is 6.54 Å². The van der Waals surface area contributed by atoms with E-state index >= 15 is 0 Å². The number of pyridine rings is 1. The summed E-state index contributed by atoms with van der Waals surface area (Å²) >= 11 is 3.44. The molecule has 96 valence electrons. The van der Waals surface area contributed by atoms with Gasteiger partial charge in [-0.2, -0.15) is 9.83 Å². The maximum absolute atomic E-state index is 9.15. The first-order valence-corrected chi connectivity index (χ1v) is 7.12. The van der Waals surface area contributed by atoms with Crippen molar-refractivity contribution in [3.05, 3.63) is 76.4 Å². The zero-order valence-electron chi connectivity index (χ0n) is 10.8. The summed E-state index contributed by atoms with van der Waals surface area (Å²) in [5, 5.41) is 10.2. The van der Waals surface area contributed by atoms with E-state index < -0.39 is 0 Å². The van der Waals surface area contributed by atoms with Gasteiger partial charge in [-0.25, -0.2) is 0 Å². The van der Waals surface area contributed by atoms with Gasteiger partial charge in [0.25, 0.3) is 0 Å². The van der Waals surface area contributed by atoms with Crippen LogP contribution in [0, 0.1) is 11.3 Å². The van der Waals surface area contributed by atoms with Crippen LogP contribution in [0.3, 0.4) is 0 Å². The van der Waals surface area contributed by atoms with Crippen LogP contribution in [0.4, 0.5) is 0 Å². The van der Waals surface area contributed by atoms with E-state index in [9.17, 15) is 0 Å². The minimum atomic E-state index is 0.681. The fraction of sp³-hybridized carbons (Fsp3) is 0.0588. The van der Waals surface area contributed by atoms with Crippen molar-refractivity contribution in [3.63, 3.8) is 0 Å². The van der Waals surface area contributed by atoms with Crippen LogP contribution < -0.4 is 4.57 Å². The second kappa shape index (κ2) is 5.44. The van der Waals surface area contributed by atoms with Gasteiger partial charge < -0.3 is 0 Å². The van der Waals surface area contributed by atoms with Crippen LogP contribution in [-0.4, -0.2) is 0 Å². The molecule has 1 aromatic heterocycles. The molecule has 1 heterocycles. The molecule has 2 nitrogen and oxygen atoms in total. The first-order chi connectivity index (χ1) is 9.76. The minimum absolute atomic E-state index is 0.681. The third-order valence-electron chi connectivity index (χ3n) is 3.25. The molecule has 0 fully saturated rings. The van der Waals surface area contributed by atoms with Crippen molar-refractivity contribution >= 4 is 26.8 Å². The van der Waals surface area contributed by atoms with Crippen molar-refractivity contribution in [1.29, 1.82) is 5.26 Å². The fourth-order valence-corrected chi connectivity index (χ4v) is 2.56. The summed E-state index contributed by atoms with van der Waals surface area (Å²) < 4.78 is 3.19. The molecule has 0 bridgehead atoms. The number of para-hydroxylation sites is 1. The van der Waals surface area contributed by atoms with E-state index in [1.807, 2.05) is 42.6 Å². The highest BCUT2D eigenvalue weighted by molar-refractivity contribution is 9.10. The predicted molar refractivity (Wildman–Crippen MR) is 82.1 cm³/mol. The van der Waals surface area contributed by atoms with E-state index in [-0.39, 0.29) is 0 Å². The largest absolute Gasteiger partial charge is 0.212 e. The topological polar surface area (TPSA) is 27.7 Å². The Morgan fingerprint density at radius 2 is 1.80 bits per heavy atom. The molecule has 0 amide bonds. The molecule has 3 aromatic rings. The summed E-state index contributed by atoms with van der Waals surface area (Å²) in [5.74, 6) is 0. The van der Waals surface area contributed by atoms with Crippen LogP contribution in [0.15, 0.2) is 65.3 Å². The van der Waals surface area contributed by atoms with E-state index in [0.717, 1.165) is 21.9 Å². The second-order valence-electron chi connectivity index (χ2n) is 4.65. The van der Waals surface area contributed by atoms with Gasteiger partial charge in [0, 0.05) is 21.5 Å². The van der Waals surface area contributed by atoms with Crippen LogP contribution in [0.2, 0.25) is 0 Å². The molecule has 20 heavy (non-hydrogen) atoms. The summed E-state index contributed by atoms with van der Waals surface area (Å²) in [6.45, 7) is 0.753. The maximum atomic E-state index is 9.15. The zero-order chi connectivity index (χ0) is 13.9. The molecule has 0 unspecified atom stereocenters. The van der Waals surface area contributed by atoms with Gasteiger partial charge in [0.1, 0.15) is 11.6 Å². The highest BCUT2D eigenvalue weighted by atomic mass is 79.9. The van der Waals surface area contributed by atoms with Crippen LogP contribution in [0.5, 0.6) is 0 Å². The molecule has 3 heteroatoms. The van der Waals surface area contributed by atoms with Crippen molar-refractivity contribution in [3.8, 4) is 6.07 Å². The molecule has 0 saturated carbocycles. The normalized spacial score (nSPS) is 10.4. The highest BCUT2D eigenvalue weighted by Crippen LogP contribution is 2.13. The molecule has 0 radical (unpaired) electrons. The average Bonchev–Trinajstić information content (AvgIpc) is 2.49. The lowest BCUT2D eigenvalue weighted by Crippen LogP contribution is -2.35. The van der Waals surface area contributed by atoms with Gasteiger partial charge in [0.2, 0.25) is 5.52 Å². The Morgan fingerprint density at radius 3 is 2.55 bits per heavy atom. The molecule has 0 saturated heterocycles. The monoisotopic (exact) mass is 323 g/mol. The van der Waals surface area contributed by atoms with E-state index in [0.29, 0.717) is 5.56 Å². The Labute approximate surface area is 126 Å². The van der Waals surface area contributed by atoms with Crippen molar-refractivity contribution in [2.24, 2.45) is 0 Å². The smallest absolute Gasteiger partial charge is 0.193 e. The molecule has 3 rings (SSSR count). The van der Waals surface area contributed by atoms with Gasteiger partial charge in [-0.15, -0.1) is 0 Å². The number of nitriles is 1. The molecule has 2 aromatic carbocycles. The third-order valence-corrected chi connectivity index (χ3v) is 3.78. The SMILES string of the molecule is N#Cc1cc2ccccc2[n+](Cc2ccc(Br)cc2)c1. The Hall–Kier alpha value is -2.18. The van der Waals surface area contributed by atoms with Gasteiger partial charge in [0.05, 0.1) is 0 Å². The van der Waals surface area contributed by atoms with E-state index in [4.69, 9.17) is 5.26 Å². The first-order valence-electron chi connectivity index (χ1n) is 6.33. The summed E-state index contributed by atoms with van der Waals surface area (Å²) in [7, 11) is 0. The third kappa shape index (κ3) is 2.56. The van der Waals surface area contributed by atoms with Gasteiger partial charge in [-0.05, 0) is 24.3 Å². The Morgan fingerprint density at radius 1 is 1.05 bits per heavy atom. The standard InChI is InChI=1S/C17H12BrN2/c18-16-7-5-13(6-8-16)11-20-12-14(10-19)9-15-3-1-2-4-17(15)20/h1-9,12H,11H2/q+1. The molecule has 0 N–H and O–H groups in total. The number of nitrogens with zero attached hydrogens (tertiary/aromatic N) is 2. The van der Waals surface area contributed by atoms with Gasteiger partial charge >= 0.3 is 0 Å². The van der Waals surface area contributed by atoms with Crippen molar-refractivity contribution < 1.29 is 4.57 Å². The number of benzene rings is 2. The van der Waals surface area contributed by atoms with Crippen molar-refractivity contribution in [1.82, 2.24) is 0 Å². The molecule has 0 spiro atoms. The second-order valence-corrected chi connectivity index (χ2v) is 5.57. The maximum Gasteiger partial charge on any atom is 0.212 e. The Bertz CT molecular complexity index is 801. The highest BCUT2D eigenvalue weighted by Gasteiger charge is 2.11.